The zero-order chi connectivity index (χ0) is 13.9. The van der Waals surface area contributed by atoms with Crippen LogP contribution in [0.15, 0.2) is 30.5 Å². The Balaban J connectivity index is 1.82. The van der Waals surface area contributed by atoms with Crippen LogP contribution in [0.5, 0.6) is 0 Å². The molecule has 0 bridgehead atoms. The Hall–Kier alpha value is -1.63. The van der Waals surface area contributed by atoms with E-state index in [1.807, 2.05) is 24.3 Å². The molecule has 0 aliphatic heterocycles. The molecule has 3 rings (SSSR count). The van der Waals surface area contributed by atoms with E-state index < -0.39 is 0 Å². The second kappa shape index (κ2) is 5.78. The summed E-state index contributed by atoms with van der Waals surface area (Å²) in [5.41, 5.74) is 2.08. The van der Waals surface area contributed by atoms with E-state index in [-0.39, 0.29) is 5.92 Å². The first-order valence-electron chi connectivity index (χ1n) is 6.94. The molecule has 1 aromatic carbocycles. The number of hydrogen-bond acceptors (Lipinski definition) is 3. The van der Waals surface area contributed by atoms with Crippen LogP contribution < -0.4 is 5.32 Å². The number of pyridine rings is 1. The van der Waals surface area contributed by atoms with Crippen LogP contribution in [0.4, 0.5) is 0 Å². The molecular formula is C16H16ClN3. The zero-order valence-electron chi connectivity index (χ0n) is 11.1. The molecule has 20 heavy (non-hydrogen) atoms. The zero-order valence-corrected chi connectivity index (χ0v) is 11.9. The maximum Gasteiger partial charge on any atom is 0.0761 e. The van der Waals surface area contributed by atoms with E-state index in [1.165, 1.54) is 0 Å². The molecule has 1 aromatic heterocycles. The molecule has 1 fully saturated rings. The summed E-state index contributed by atoms with van der Waals surface area (Å²) >= 11 is 6.20. The Morgan fingerprint density at radius 3 is 3.10 bits per heavy atom. The van der Waals surface area contributed by atoms with Gasteiger partial charge in [-0.15, -0.1) is 0 Å². The van der Waals surface area contributed by atoms with Gasteiger partial charge in [0.05, 0.1) is 17.5 Å². The molecule has 4 heteroatoms. The number of halogens is 1. The van der Waals surface area contributed by atoms with Gasteiger partial charge in [-0.3, -0.25) is 4.98 Å². The van der Waals surface area contributed by atoms with Gasteiger partial charge in [-0.25, -0.2) is 0 Å². The fraction of sp³-hybridized carbons (Fsp3) is 0.375. The molecule has 0 radical (unpaired) electrons. The maximum atomic E-state index is 9.12. The maximum absolute atomic E-state index is 9.12. The van der Waals surface area contributed by atoms with Gasteiger partial charge in [0.25, 0.3) is 0 Å². The molecule has 0 amide bonds. The van der Waals surface area contributed by atoms with Crippen LogP contribution in [-0.4, -0.2) is 11.0 Å². The van der Waals surface area contributed by atoms with Gasteiger partial charge < -0.3 is 5.32 Å². The van der Waals surface area contributed by atoms with E-state index in [4.69, 9.17) is 16.9 Å². The monoisotopic (exact) mass is 285 g/mol. The number of nitriles is 1. The SMILES string of the molecule is N#CC1CCCC1NCc1ccc(Cl)c2cccnc12. The third kappa shape index (κ3) is 2.49. The van der Waals surface area contributed by atoms with Crippen LogP contribution in [0.3, 0.4) is 0 Å². The minimum Gasteiger partial charge on any atom is -0.309 e. The molecule has 1 N–H and O–H groups in total. The standard InChI is InChI=1S/C16H16ClN3/c17-14-7-6-12(16-13(14)4-2-8-19-16)10-20-15-5-1-3-11(15)9-18/h2,4,6-8,11,15,20H,1,3,5,10H2. The quantitative estimate of drug-likeness (QED) is 0.936. The topological polar surface area (TPSA) is 48.7 Å². The van der Waals surface area contributed by atoms with Crippen molar-refractivity contribution in [1.29, 1.82) is 5.26 Å². The summed E-state index contributed by atoms with van der Waals surface area (Å²) in [4.78, 5) is 4.44. The lowest BCUT2D eigenvalue weighted by molar-refractivity contribution is 0.465. The lowest BCUT2D eigenvalue weighted by atomic mass is 10.0. The highest BCUT2D eigenvalue weighted by molar-refractivity contribution is 6.35. The third-order valence-corrected chi connectivity index (χ3v) is 4.37. The molecule has 1 saturated carbocycles. The van der Waals surface area contributed by atoms with Gasteiger partial charge in [0, 0.05) is 29.2 Å². The van der Waals surface area contributed by atoms with Gasteiger partial charge in [-0.2, -0.15) is 5.26 Å². The first kappa shape index (κ1) is 13.4. The largest absolute Gasteiger partial charge is 0.309 e. The van der Waals surface area contributed by atoms with E-state index in [1.54, 1.807) is 6.20 Å². The Morgan fingerprint density at radius 1 is 1.35 bits per heavy atom. The van der Waals surface area contributed by atoms with Gasteiger partial charge in [-0.1, -0.05) is 24.1 Å². The summed E-state index contributed by atoms with van der Waals surface area (Å²) in [5.74, 6) is 0.140. The highest BCUT2D eigenvalue weighted by Gasteiger charge is 2.26. The molecule has 1 aliphatic carbocycles. The second-order valence-electron chi connectivity index (χ2n) is 5.26. The number of nitrogens with one attached hydrogen (secondary N) is 1. The van der Waals surface area contributed by atoms with Crippen molar-refractivity contribution < 1.29 is 0 Å². The fourth-order valence-electron chi connectivity index (χ4n) is 2.94. The summed E-state index contributed by atoms with van der Waals surface area (Å²) in [5, 5.41) is 14.3. The van der Waals surface area contributed by atoms with E-state index >= 15 is 0 Å². The van der Waals surface area contributed by atoms with Crippen LogP contribution in [0.25, 0.3) is 10.9 Å². The number of rotatable bonds is 3. The highest BCUT2D eigenvalue weighted by atomic mass is 35.5. The van der Waals surface area contributed by atoms with Gasteiger partial charge in [0.2, 0.25) is 0 Å². The molecule has 3 nitrogen and oxygen atoms in total. The van der Waals surface area contributed by atoms with Gasteiger partial charge in [0.1, 0.15) is 0 Å². The number of fused-ring (bicyclic) bond motifs is 1. The molecule has 102 valence electrons. The third-order valence-electron chi connectivity index (χ3n) is 4.04. The van der Waals surface area contributed by atoms with Crippen molar-refractivity contribution >= 4 is 22.5 Å². The van der Waals surface area contributed by atoms with Crippen molar-refractivity contribution in [2.75, 3.05) is 0 Å². The highest BCUT2D eigenvalue weighted by Crippen LogP contribution is 2.27. The number of hydrogen-bond donors (Lipinski definition) is 1. The lowest BCUT2D eigenvalue weighted by Crippen LogP contribution is -2.31. The van der Waals surface area contributed by atoms with Crippen LogP contribution in [0.1, 0.15) is 24.8 Å². The molecule has 1 heterocycles. The van der Waals surface area contributed by atoms with Gasteiger partial charge in [-0.05, 0) is 36.6 Å². The van der Waals surface area contributed by atoms with E-state index in [0.717, 1.165) is 47.3 Å². The fourth-order valence-corrected chi connectivity index (χ4v) is 3.15. The van der Waals surface area contributed by atoms with Crippen LogP contribution in [-0.2, 0) is 6.54 Å². The molecule has 0 spiro atoms. The number of benzene rings is 1. The summed E-state index contributed by atoms with van der Waals surface area (Å²) in [6, 6.07) is 10.5. The first-order valence-corrected chi connectivity index (χ1v) is 7.32. The average Bonchev–Trinajstić information content (AvgIpc) is 2.94. The van der Waals surface area contributed by atoms with Crippen molar-refractivity contribution in [3.8, 4) is 6.07 Å². The molecule has 0 saturated heterocycles. The van der Waals surface area contributed by atoms with E-state index in [2.05, 4.69) is 16.4 Å². The first-order chi connectivity index (χ1) is 9.79. The number of nitrogens with zero attached hydrogens (tertiary/aromatic N) is 2. The van der Waals surface area contributed by atoms with E-state index in [0.29, 0.717) is 6.04 Å². The predicted octanol–water partition coefficient (Wildman–Crippen LogP) is 3.67. The van der Waals surface area contributed by atoms with Crippen molar-refractivity contribution in [3.05, 3.63) is 41.0 Å². The Morgan fingerprint density at radius 2 is 2.25 bits per heavy atom. The van der Waals surface area contributed by atoms with Crippen LogP contribution in [0.2, 0.25) is 5.02 Å². The molecule has 1 aliphatic rings. The van der Waals surface area contributed by atoms with Gasteiger partial charge in [0.15, 0.2) is 0 Å². The normalized spacial score (nSPS) is 22.0. The Bertz CT molecular complexity index is 662. The molecular weight excluding hydrogens is 270 g/mol. The average molecular weight is 286 g/mol. The van der Waals surface area contributed by atoms with E-state index in [9.17, 15) is 0 Å². The Labute approximate surface area is 123 Å². The predicted molar refractivity (Wildman–Crippen MR) is 80.3 cm³/mol. The summed E-state index contributed by atoms with van der Waals surface area (Å²) in [6.45, 7) is 0.730. The minimum absolute atomic E-state index is 0.140. The minimum atomic E-state index is 0.140. The Kier molecular flexibility index (Phi) is 3.86. The summed E-state index contributed by atoms with van der Waals surface area (Å²) in [6.07, 6.45) is 5.01. The van der Waals surface area contributed by atoms with Crippen molar-refractivity contribution in [3.63, 3.8) is 0 Å². The smallest absolute Gasteiger partial charge is 0.0761 e. The van der Waals surface area contributed by atoms with Crippen molar-refractivity contribution in [1.82, 2.24) is 10.3 Å². The summed E-state index contributed by atoms with van der Waals surface area (Å²) in [7, 11) is 0. The van der Waals surface area contributed by atoms with Gasteiger partial charge >= 0.3 is 0 Å². The molecule has 2 aromatic rings. The van der Waals surface area contributed by atoms with Crippen molar-refractivity contribution in [2.24, 2.45) is 5.92 Å². The lowest BCUT2D eigenvalue weighted by Gasteiger charge is -2.16. The molecule has 2 atom stereocenters. The second-order valence-corrected chi connectivity index (χ2v) is 5.67. The number of aromatic nitrogens is 1. The summed E-state index contributed by atoms with van der Waals surface area (Å²) < 4.78 is 0. The van der Waals surface area contributed by atoms with Crippen LogP contribution in [0, 0.1) is 17.2 Å². The molecule has 2 unspecified atom stereocenters. The van der Waals surface area contributed by atoms with Crippen LogP contribution >= 0.6 is 11.6 Å². The van der Waals surface area contributed by atoms with Crippen molar-refractivity contribution in [2.45, 2.75) is 31.8 Å².